The van der Waals surface area contributed by atoms with Gasteiger partial charge in [-0.05, 0) is 12.1 Å². The smallest absolute Gasteiger partial charge is 0.335 e. The molecule has 4 N–H and O–H groups in total. The fourth-order valence-electron chi connectivity index (χ4n) is 1.23. The van der Waals surface area contributed by atoms with E-state index in [9.17, 15) is 14.7 Å². The molecule has 1 amide bonds. The Morgan fingerprint density at radius 3 is 2.39 bits per heavy atom. The number of hydrogen-bond donors (Lipinski definition) is 4. The summed E-state index contributed by atoms with van der Waals surface area (Å²) in [5, 5.41) is 29.0. The first kappa shape index (κ1) is 13.9. The van der Waals surface area contributed by atoms with E-state index in [-0.39, 0.29) is 5.69 Å². The van der Waals surface area contributed by atoms with Crippen molar-refractivity contribution in [3.63, 3.8) is 0 Å². The van der Waals surface area contributed by atoms with Crippen LogP contribution in [0.3, 0.4) is 0 Å². The molecule has 0 heterocycles. The van der Waals surface area contributed by atoms with Crippen molar-refractivity contribution in [1.82, 2.24) is 0 Å². The maximum absolute atomic E-state index is 11.5. The lowest BCUT2D eigenvalue weighted by atomic mass is 10.2. The highest BCUT2D eigenvalue weighted by Crippen LogP contribution is 2.23. The van der Waals surface area contributed by atoms with E-state index < -0.39 is 24.1 Å². The zero-order valence-electron chi connectivity index (χ0n) is 9.53. The van der Waals surface area contributed by atoms with Crippen molar-refractivity contribution >= 4 is 17.6 Å². The first-order valence-corrected chi connectivity index (χ1v) is 5.00. The van der Waals surface area contributed by atoms with Crippen LogP contribution in [0.1, 0.15) is 0 Å². The monoisotopic (exact) mass is 255 g/mol. The fraction of sp³-hybridized carbons (Fsp3) is 0.273. The van der Waals surface area contributed by atoms with E-state index in [0.29, 0.717) is 5.75 Å². The van der Waals surface area contributed by atoms with Crippen molar-refractivity contribution in [2.75, 3.05) is 12.4 Å². The summed E-state index contributed by atoms with van der Waals surface area (Å²) in [6.45, 7) is 0. The van der Waals surface area contributed by atoms with Gasteiger partial charge in [0, 0.05) is 0 Å². The Kier molecular flexibility index (Phi) is 4.64. The Morgan fingerprint density at radius 1 is 1.22 bits per heavy atom. The van der Waals surface area contributed by atoms with Gasteiger partial charge in [-0.15, -0.1) is 0 Å². The standard InChI is InChI=1S/C11H13NO6/c1-18-7-5-3-2-4-6(7)12-10(15)8(13)9(14)11(16)17/h2-5,8-9,13-14H,1H3,(H,12,15)(H,16,17). The lowest BCUT2D eigenvalue weighted by Gasteiger charge is -2.15. The minimum Gasteiger partial charge on any atom is -0.495 e. The number of carboxylic acids is 1. The number of rotatable bonds is 5. The van der Waals surface area contributed by atoms with Gasteiger partial charge >= 0.3 is 5.97 Å². The van der Waals surface area contributed by atoms with Crippen LogP contribution in [-0.4, -0.2) is 46.5 Å². The van der Waals surface area contributed by atoms with Crippen LogP contribution in [-0.2, 0) is 9.59 Å². The fourth-order valence-corrected chi connectivity index (χ4v) is 1.23. The third kappa shape index (κ3) is 3.19. The van der Waals surface area contributed by atoms with Crippen molar-refractivity contribution in [3.8, 4) is 5.75 Å². The summed E-state index contributed by atoms with van der Waals surface area (Å²) < 4.78 is 4.96. The third-order valence-electron chi connectivity index (χ3n) is 2.19. The molecule has 1 rings (SSSR count). The second kappa shape index (κ2) is 5.99. The van der Waals surface area contributed by atoms with Crippen LogP contribution >= 0.6 is 0 Å². The van der Waals surface area contributed by atoms with E-state index in [1.165, 1.54) is 13.2 Å². The van der Waals surface area contributed by atoms with Crippen LogP contribution in [0, 0.1) is 0 Å². The first-order chi connectivity index (χ1) is 8.47. The molecule has 0 radical (unpaired) electrons. The van der Waals surface area contributed by atoms with E-state index in [1.54, 1.807) is 18.2 Å². The second-order valence-corrected chi connectivity index (χ2v) is 3.42. The number of benzene rings is 1. The SMILES string of the molecule is COc1ccccc1NC(=O)C(O)C(O)C(=O)O. The van der Waals surface area contributed by atoms with Crippen molar-refractivity contribution in [1.29, 1.82) is 0 Å². The molecule has 0 aliphatic carbocycles. The number of aliphatic hydroxyl groups is 2. The van der Waals surface area contributed by atoms with Gasteiger partial charge in [0.2, 0.25) is 0 Å². The van der Waals surface area contributed by atoms with Gasteiger partial charge in [-0.1, -0.05) is 12.1 Å². The molecule has 0 aliphatic heterocycles. The van der Waals surface area contributed by atoms with Gasteiger partial charge in [-0.3, -0.25) is 4.79 Å². The molecule has 0 fully saturated rings. The Morgan fingerprint density at radius 2 is 1.83 bits per heavy atom. The molecule has 18 heavy (non-hydrogen) atoms. The van der Waals surface area contributed by atoms with Gasteiger partial charge in [-0.25, -0.2) is 4.79 Å². The summed E-state index contributed by atoms with van der Waals surface area (Å²) in [7, 11) is 1.40. The molecule has 7 heteroatoms. The van der Waals surface area contributed by atoms with Gasteiger partial charge in [0.05, 0.1) is 12.8 Å². The maximum Gasteiger partial charge on any atom is 0.335 e. The van der Waals surface area contributed by atoms with E-state index in [1.807, 2.05) is 0 Å². The van der Waals surface area contributed by atoms with Gasteiger partial charge < -0.3 is 25.4 Å². The molecule has 0 spiro atoms. The summed E-state index contributed by atoms with van der Waals surface area (Å²) in [4.78, 5) is 21.9. The predicted molar refractivity (Wildman–Crippen MR) is 61.3 cm³/mol. The van der Waals surface area contributed by atoms with E-state index >= 15 is 0 Å². The number of carbonyl (C=O) groups excluding carboxylic acids is 1. The molecule has 2 unspecified atom stereocenters. The van der Waals surface area contributed by atoms with Crippen LogP contribution < -0.4 is 10.1 Å². The Balaban J connectivity index is 2.78. The number of amides is 1. The van der Waals surface area contributed by atoms with Crippen LogP contribution in [0.4, 0.5) is 5.69 Å². The number of para-hydroxylation sites is 2. The molecular weight excluding hydrogens is 242 g/mol. The zero-order valence-corrected chi connectivity index (χ0v) is 9.53. The lowest BCUT2D eigenvalue weighted by molar-refractivity contribution is -0.156. The highest BCUT2D eigenvalue weighted by molar-refractivity contribution is 5.98. The summed E-state index contributed by atoms with van der Waals surface area (Å²) in [5.41, 5.74) is 0.265. The molecular formula is C11H13NO6. The van der Waals surface area contributed by atoms with Crippen molar-refractivity contribution in [2.45, 2.75) is 12.2 Å². The van der Waals surface area contributed by atoms with Crippen LogP contribution in [0.25, 0.3) is 0 Å². The topological polar surface area (TPSA) is 116 Å². The molecule has 0 aliphatic rings. The number of carboxylic acid groups (broad SMARTS) is 1. The van der Waals surface area contributed by atoms with E-state index in [2.05, 4.69) is 5.32 Å². The van der Waals surface area contributed by atoms with Gasteiger partial charge in [0.25, 0.3) is 5.91 Å². The summed E-state index contributed by atoms with van der Waals surface area (Å²) in [6, 6.07) is 6.39. The molecule has 0 aromatic heterocycles. The Labute approximate surface area is 103 Å². The number of aliphatic carboxylic acids is 1. The molecule has 2 atom stereocenters. The number of nitrogens with one attached hydrogen (secondary N) is 1. The predicted octanol–water partition coefficient (Wildman–Crippen LogP) is -0.560. The largest absolute Gasteiger partial charge is 0.495 e. The first-order valence-electron chi connectivity index (χ1n) is 5.00. The van der Waals surface area contributed by atoms with Crippen LogP contribution in [0.2, 0.25) is 0 Å². The van der Waals surface area contributed by atoms with Gasteiger partial charge in [0.15, 0.2) is 12.2 Å². The van der Waals surface area contributed by atoms with Gasteiger partial charge in [0.1, 0.15) is 5.75 Å². The summed E-state index contributed by atoms with van der Waals surface area (Å²) in [5.74, 6) is -2.37. The quantitative estimate of drug-likeness (QED) is 0.560. The number of hydrogen-bond acceptors (Lipinski definition) is 5. The van der Waals surface area contributed by atoms with E-state index in [4.69, 9.17) is 14.9 Å². The number of carbonyl (C=O) groups is 2. The Hall–Kier alpha value is -2.12. The molecule has 0 saturated carbocycles. The highest BCUT2D eigenvalue weighted by Gasteiger charge is 2.30. The average Bonchev–Trinajstić information content (AvgIpc) is 2.37. The van der Waals surface area contributed by atoms with E-state index in [0.717, 1.165) is 0 Å². The highest BCUT2D eigenvalue weighted by atomic mass is 16.5. The lowest BCUT2D eigenvalue weighted by Crippen LogP contribution is -2.42. The normalized spacial score (nSPS) is 13.5. The molecule has 1 aromatic carbocycles. The Bertz CT molecular complexity index is 447. The minimum atomic E-state index is -2.18. The van der Waals surface area contributed by atoms with Crippen molar-refractivity contribution in [3.05, 3.63) is 24.3 Å². The number of methoxy groups -OCH3 is 1. The molecule has 0 saturated heterocycles. The molecule has 7 nitrogen and oxygen atoms in total. The third-order valence-corrected chi connectivity index (χ3v) is 2.19. The van der Waals surface area contributed by atoms with Crippen LogP contribution in [0.5, 0.6) is 5.75 Å². The molecule has 1 aromatic rings. The number of ether oxygens (including phenoxy) is 1. The molecule has 98 valence electrons. The van der Waals surface area contributed by atoms with Crippen molar-refractivity contribution in [2.24, 2.45) is 0 Å². The zero-order chi connectivity index (χ0) is 13.7. The number of anilines is 1. The van der Waals surface area contributed by atoms with Crippen LogP contribution in [0.15, 0.2) is 24.3 Å². The second-order valence-electron chi connectivity index (χ2n) is 3.42. The van der Waals surface area contributed by atoms with Crippen molar-refractivity contribution < 1.29 is 29.6 Å². The van der Waals surface area contributed by atoms with Gasteiger partial charge in [-0.2, -0.15) is 0 Å². The minimum absolute atomic E-state index is 0.265. The maximum atomic E-state index is 11.5. The summed E-state index contributed by atoms with van der Waals surface area (Å²) in [6.07, 6.45) is -4.24. The molecule has 0 bridgehead atoms. The average molecular weight is 255 g/mol. The summed E-state index contributed by atoms with van der Waals surface area (Å²) >= 11 is 0. The number of aliphatic hydroxyl groups excluding tert-OH is 2.